The molecule has 6 heteroatoms. The highest BCUT2D eigenvalue weighted by molar-refractivity contribution is 8.26. The van der Waals surface area contributed by atoms with Gasteiger partial charge in [0.1, 0.15) is 6.04 Å². The third-order valence-corrected chi connectivity index (χ3v) is 2.55. The summed E-state index contributed by atoms with van der Waals surface area (Å²) in [6, 6.07) is 1.55. The molecule has 5 nitrogen and oxygen atoms in total. The molecular weight excluding hydrogens is 188 g/mol. The zero-order valence-corrected chi connectivity index (χ0v) is 7.71. The van der Waals surface area contributed by atoms with E-state index in [9.17, 15) is 4.79 Å². The van der Waals surface area contributed by atoms with Crippen molar-refractivity contribution < 1.29 is 4.79 Å². The average molecular weight is 194 g/mol. The fourth-order valence-corrected chi connectivity index (χ4v) is 1.98. The molecule has 1 unspecified atom stereocenters. The number of hydrazone groups is 1. The standard InChI is InChI=1S/C7H6N4OS/c1-4-10-11-5(3-8)2-6(12)9-7(11)13-4/h5H,2H2,1H3. The van der Waals surface area contributed by atoms with Gasteiger partial charge in [-0.1, -0.05) is 0 Å². The normalized spacial score (nSPS) is 26.3. The third kappa shape index (κ3) is 1.31. The molecule has 2 heterocycles. The fraction of sp³-hybridized carbons (Fsp3) is 0.429. The number of hydrogen-bond acceptors (Lipinski definition) is 5. The molecule has 0 saturated heterocycles. The van der Waals surface area contributed by atoms with E-state index in [0.717, 1.165) is 5.04 Å². The molecule has 0 saturated carbocycles. The molecule has 0 aliphatic carbocycles. The van der Waals surface area contributed by atoms with Crippen molar-refractivity contribution in [3.8, 4) is 6.07 Å². The number of thioether (sulfide) groups is 1. The molecule has 2 rings (SSSR count). The highest BCUT2D eigenvalue weighted by Crippen LogP contribution is 2.27. The summed E-state index contributed by atoms with van der Waals surface area (Å²) in [5.41, 5.74) is 0. The SMILES string of the molecule is CC1=NN2C(=NC(=O)CC2C#N)S1. The summed E-state index contributed by atoms with van der Waals surface area (Å²) in [5, 5.41) is 15.7. The second-order valence-electron chi connectivity index (χ2n) is 2.70. The summed E-state index contributed by atoms with van der Waals surface area (Å²) in [5.74, 6) is -0.241. The number of carbonyl (C=O) groups excluding carboxylic acids is 1. The minimum atomic E-state index is -0.482. The van der Waals surface area contributed by atoms with Crippen LogP contribution >= 0.6 is 11.8 Å². The molecule has 1 amide bonds. The molecule has 1 atom stereocenters. The zero-order valence-electron chi connectivity index (χ0n) is 6.89. The summed E-state index contributed by atoms with van der Waals surface area (Å²) in [6.07, 6.45) is 0.136. The Balaban J connectivity index is 2.36. The lowest BCUT2D eigenvalue weighted by molar-refractivity contribution is -0.119. The molecule has 0 spiro atoms. The molecule has 13 heavy (non-hydrogen) atoms. The van der Waals surface area contributed by atoms with Crippen molar-refractivity contribution in [1.29, 1.82) is 5.26 Å². The molecule has 2 aliphatic heterocycles. The second-order valence-corrected chi connectivity index (χ2v) is 3.86. The van der Waals surface area contributed by atoms with E-state index < -0.39 is 6.04 Å². The first-order valence-electron chi connectivity index (χ1n) is 3.74. The average Bonchev–Trinajstić information content (AvgIpc) is 2.43. The van der Waals surface area contributed by atoms with E-state index in [0.29, 0.717) is 5.17 Å². The second kappa shape index (κ2) is 2.85. The first kappa shape index (κ1) is 8.26. The first-order valence-corrected chi connectivity index (χ1v) is 4.56. The van der Waals surface area contributed by atoms with Crippen LogP contribution < -0.4 is 0 Å². The monoisotopic (exact) mass is 194 g/mol. The van der Waals surface area contributed by atoms with Crippen LogP contribution in [0.15, 0.2) is 10.1 Å². The van der Waals surface area contributed by atoms with Gasteiger partial charge in [0.15, 0.2) is 5.17 Å². The van der Waals surface area contributed by atoms with Gasteiger partial charge in [-0.25, -0.2) is 5.01 Å². The summed E-state index contributed by atoms with van der Waals surface area (Å²) in [4.78, 5) is 14.8. The predicted octanol–water partition coefficient (Wildman–Crippen LogP) is 0.547. The minimum Gasteiger partial charge on any atom is -0.272 e. The van der Waals surface area contributed by atoms with Gasteiger partial charge < -0.3 is 0 Å². The fourth-order valence-electron chi connectivity index (χ4n) is 1.18. The van der Waals surface area contributed by atoms with Gasteiger partial charge in [0.2, 0.25) is 0 Å². The Kier molecular flexibility index (Phi) is 1.81. The number of amidine groups is 1. The van der Waals surface area contributed by atoms with E-state index in [1.165, 1.54) is 16.8 Å². The molecule has 0 aromatic heterocycles. The summed E-state index contributed by atoms with van der Waals surface area (Å²) >= 11 is 1.33. The van der Waals surface area contributed by atoms with Crippen LogP contribution in [0.25, 0.3) is 0 Å². The maximum Gasteiger partial charge on any atom is 0.251 e. The summed E-state index contributed by atoms with van der Waals surface area (Å²) < 4.78 is 0. The maximum absolute atomic E-state index is 11.1. The molecule has 0 fully saturated rings. The first-order chi connectivity index (χ1) is 6.20. The van der Waals surface area contributed by atoms with Crippen molar-refractivity contribution >= 4 is 27.9 Å². The van der Waals surface area contributed by atoms with Crippen LogP contribution in [0.2, 0.25) is 0 Å². The number of rotatable bonds is 0. The van der Waals surface area contributed by atoms with Gasteiger partial charge in [-0.15, -0.1) is 0 Å². The van der Waals surface area contributed by atoms with Gasteiger partial charge in [0.25, 0.3) is 5.91 Å². The topological polar surface area (TPSA) is 68.8 Å². The lowest BCUT2D eigenvalue weighted by Crippen LogP contribution is -2.37. The van der Waals surface area contributed by atoms with Crippen LogP contribution in [0, 0.1) is 11.3 Å². The van der Waals surface area contributed by atoms with Crippen molar-refractivity contribution in [2.75, 3.05) is 0 Å². The molecule has 0 aromatic carbocycles. The lowest BCUT2D eigenvalue weighted by Gasteiger charge is -2.22. The van der Waals surface area contributed by atoms with Gasteiger partial charge in [-0.3, -0.25) is 4.79 Å². The Morgan fingerprint density at radius 1 is 1.77 bits per heavy atom. The smallest absolute Gasteiger partial charge is 0.251 e. The molecule has 0 radical (unpaired) electrons. The largest absolute Gasteiger partial charge is 0.272 e. The van der Waals surface area contributed by atoms with Gasteiger partial charge in [0, 0.05) is 0 Å². The van der Waals surface area contributed by atoms with Crippen molar-refractivity contribution in [2.24, 2.45) is 10.1 Å². The van der Waals surface area contributed by atoms with Crippen molar-refractivity contribution in [2.45, 2.75) is 19.4 Å². The van der Waals surface area contributed by atoms with Crippen LogP contribution in [0.1, 0.15) is 13.3 Å². The van der Waals surface area contributed by atoms with Crippen LogP contribution in [0.5, 0.6) is 0 Å². The maximum atomic E-state index is 11.1. The van der Waals surface area contributed by atoms with Crippen molar-refractivity contribution in [1.82, 2.24) is 5.01 Å². The summed E-state index contributed by atoms with van der Waals surface area (Å²) in [7, 11) is 0. The number of nitriles is 1. The molecule has 2 aliphatic rings. The molecule has 66 valence electrons. The van der Waals surface area contributed by atoms with E-state index in [1.54, 1.807) is 0 Å². The Morgan fingerprint density at radius 3 is 3.23 bits per heavy atom. The van der Waals surface area contributed by atoms with E-state index in [4.69, 9.17) is 5.26 Å². The molecule has 0 N–H and O–H groups in total. The molecule has 0 aromatic rings. The quantitative estimate of drug-likeness (QED) is 0.564. The van der Waals surface area contributed by atoms with Crippen LogP contribution in [-0.4, -0.2) is 27.2 Å². The molecular formula is C7H6N4OS. The number of fused-ring (bicyclic) bond motifs is 1. The Labute approximate surface area is 79.1 Å². The van der Waals surface area contributed by atoms with E-state index in [2.05, 4.69) is 10.1 Å². The van der Waals surface area contributed by atoms with Gasteiger partial charge in [-0.05, 0) is 18.7 Å². The number of hydrogen-bond donors (Lipinski definition) is 0. The number of nitrogens with zero attached hydrogens (tertiary/aromatic N) is 4. The van der Waals surface area contributed by atoms with Crippen molar-refractivity contribution in [3.63, 3.8) is 0 Å². The van der Waals surface area contributed by atoms with Gasteiger partial charge >= 0.3 is 0 Å². The summed E-state index contributed by atoms with van der Waals surface area (Å²) in [6.45, 7) is 1.82. The van der Waals surface area contributed by atoms with E-state index in [-0.39, 0.29) is 12.3 Å². The van der Waals surface area contributed by atoms with Crippen LogP contribution in [0.4, 0.5) is 0 Å². The van der Waals surface area contributed by atoms with Crippen LogP contribution in [0.3, 0.4) is 0 Å². The Bertz CT molecular complexity index is 367. The van der Waals surface area contributed by atoms with Crippen LogP contribution in [-0.2, 0) is 4.79 Å². The van der Waals surface area contributed by atoms with Crippen molar-refractivity contribution in [3.05, 3.63) is 0 Å². The van der Waals surface area contributed by atoms with E-state index >= 15 is 0 Å². The highest BCUT2D eigenvalue weighted by Gasteiger charge is 2.34. The number of carbonyl (C=O) groups is 1. The third-order valence-electron chi connectivity index (χ3n) is 1.72. The number of aliphatic imine (C=N–C) groups is 1. The van der Waals surface area contributed by atoms with E-state index in [1.807, 2.05) is 13.0 Å². The highest BCUT2D eigenvalue weighted by atomic mass is 32.2. The Morgan fingerprint density at radius 2 is 2.54 bits per heavy atom. The zero-order chi connectivity index (χ0) is 9.42. The Hall–Kier alpha value is -1.35. The number of amides is 1. The lowest BCUT2D eigenvalue weighted by atomic mass is 10.2. The van der Waals surface area contributed by atoms with Gasteiger partial charge in [-0.2, -0.15) is 15.4 Å². The molecule has 0 bridgehead atoms. The van der Waals surface area contributed by atoms with Gasteiger partial charge in [0.05, 0.1) is 17.5 Å². The minimum absolute atomic E-state index is 0.136. The predicted molar refractivity (Wildman–Crippen MR) is 49.0 cm³/mol.